The van der Waals surface area contributed by atoms with Gasteiger partial charge in [0.1, 0.15) is 12.1 Å². The number of ether oxygens (including phenoxy) is 1. The average molecular weight is 265 g/mol. The minimum absolute atomic E-state index is 0.558. The Bertz CT molecular complexity index is 779. The Morgan fingerprint density at radius 3 is 2.65 bits per heavy atom. The van der Waals surface area contributed by atoms with Gasteiger partial charge in [-0.3, -0.25) is 0 Å². The maximum Gasteiger partial charge on any atom is 0.230 e. The highest BCUT2D eigenvalue weighted by molar-refractivity contribution is 5.83. The number of nitrogens with zero attached hydrogens (tertiary/aromatic N) is 2. The van der Waals surface area contributed by atoms with E-state index in [2.05, 4.69) is 9.97 Å². The second-order valence-corrected chi connectivity index (χ2v) is 4.77. The van der Waals surface area contributed by atoms with Crippen molar-refractivity contribution in [2.24, 2.45) is 0 Å². The molecule has 4 nitrogen and oxygen atoms in total. The highest BCUT2D eigenvalue weighted by Gasteiger charge is 2.09. The molecule has 0 bridgehead atoms. The number of fused-ring (bicyclic) bond motifs is 1. The normalized spacial score (nSPS) is 10.7. The van der Waals surface area contributed by atoms with Gasteiger partial charge in [-0.2, -0.15) is 0 Å². The average Bonchev–Trinajstić information content (AvgIpc) is 2.45. The van der Waals surface area contributed by atoms with E-state index in [-0.39, 0.29) is 0 Å². The van der Waals surface area contributed by atoms with Gasteiger partial charge in [-0.05, 0) is 49.2 Å². The molecule has 2 N–H and O–H groups in total. The number of rotatable bonds is 2. The first-order valence-corrected chi connectivity index (χ1v) is 6.39. The van der Waals surface area contributed by atoms with E-state index >= 15 is 0 Å². The van der Waals surface area contributed by atoms with Crippen LogP contribution in [-0.2, 0) is 0 Å². The van der Waals surface area contributed by atoms with Crippen molar-refractivity contribution >= 4 is 16.6 Å². The summed E-state index contributed by atoms with van der Waals surface area (Å²) in [4.78, 5) is 8.46. The second kappa shape index (κ2) is 4.81. The van der Waals surface area contributed by atoms with Crippen molar-refractivity contribution in [1.29, 1.82) is 0 Å². The summed E-state index contributed by atoms with van der Waals surface area (Å²) in [6.45, 7) is 3.92. The van der Waals surface area contributed by atoms with Crippen molar-refractivity contribution in [3.8, 4) is 11.6 Å². The van der Waals surface area contributed by atoms with Crippen LogP contribution in [0.3, 0.4) is 0 Å². The van der Waals surface area contributed by atoms with Crippen molar-refractivity contribution in [3.05, 3.63) is 53.9 Å². The second-order valence-electron chi connectivity index (χ2n) is 4.77. The minimum Gasteiger partial charge on any atom is -0.438 e. The van der Waals surface area contributed by atoms with Crippen LogP contribution in [0.25, 0.3) is 10.9 Å². The molecule has 0 aliphatic carbocycles. The Morgan fingerprint density at radius 1 is 1.00 bits per heavy atom. The Labute approximate surface area is 117 Å². The largest absolute Gasteiger partial charge is 0.438 e. The van der Waals surface area contributed by atoms with Crippen molar-refractivity contribution in [2.45, 2.75) is 13.8 Å². The summed E-state index contributed by atoms with van der Waals surface area (Å²) in [5, 5.41) is 0.892. The number of aromatic nitrogens is 2. The SMILES string of the molecule is Cc1cc(Oc2ncnc3ccccc23)c(C)cc1N. The van der Waals surface area contributed by atoms with Gasteiger partial charge in [0.2, 0.25) is 5.88 Å². The van der Waals surface area contributed by atoms with Gasteiger partial charge < -0.3 is 10.5 Å². The highest BCUT2D eigenvalue weighted by Crippen LogP contribution is 2.31. The third-order valence-corrected chi connectivity index (χ3v) is 3.28. The summed E-state index contributed by atoms with van der Waals surface area (Å²) in [5.41, 5.74) is 9.49. The lowest BCUT2D eigenvalue weighted by molar-refractivity contribution is 0.464. The summed E-state index contributed by atoms with van der Waals surface area (Å²) >= 11 is 0. The zero-order valence-corrected chi connectivity index (χ0v) is 11.4. The van der Waals surface area contributed by atoms with Crippen LogP contribution in [-0.4, -0.2) is 9.97 Å². The molecule has 1 heterocycles. The van der Waals surface area contributed by atoms with E-state index in [1.807, 2.05) is 50.2 Å². The number of aryl methyl sites for hydroxylation is 2. The molecular formula is C16H15N3O. The molecule has 0 saturated carbocycles. The zero-order chi connectivity index (χ0) is 14.1. The fourth-order valence-electron chi connectivity index (χ4n) is 2.09. The Balaban J connectivity index is 2.08. The van der Waals surface area contributed by atoms with Gasteiger partial charge in [-0.1, -0.05) is 12.1 Å². The lowest BCUT2D eigenvalue weighted by Gasteiger charge is -2.11. The predicted octanol–water partition coefficient (Wildman–Crippen LogP) is 3.62. The molecule has 20 heavy (non-hydrogen) atoms. The van der Waals surface area contributed by atoms with Gasteiger partial charge in [0, 0.05) is 5.69 Å². The number of para-hydroxylation sites is 1. The van der Waals surface area contributed by atoms with Crippen LogP contribution in [0.5, 0.6) is 11.6 Å². The lowest BCUT2D eigenvalue weighted by Crippen LogP contribution is -1.96. The maximum atomic E-state index is 5.95. The highest BCUT2D eigenvalue weighted by atomic mass is 16.5. The molecule has 2 aromatic carbocycles. The van der Waals surface area contributed by atoms with E-state index in [1.165, 1.54) is 6.33 Å². The summed E-state index contributed by atoms with van der Waals surface area (Å²) in [6.07, 6.45) is 1.51. The van der Waals surface area contributed by atoms with Gasteiger partial charge in [0.15, 0.2) is 0 Å². The minimum atomic E-state index is 0.558. The van der Waals surface area contributed by atoms with Crippen molar-refractivity contribution < 1.29 is 4.74 Å². The van der Waals surface area contributed by atoms with E-state index in [0.717, 1.165) is 33.5 Å². The van der Waals surface area contributed by atoms with Crippen LogP contribution in [0.2, 0.25) is 0 Å². The first kappa shape index (κ1) is 12.4. The zero-order valence-electron chi connectivity index (χ0n) is 11.4. The van der Waals surface area contributed by atoms with Crippen molar-refractivity contribution in [2.75, 3.05) is 5.73 Å². The molecule has 0 amide bonds. The standard InChI is InChI=1S/C16H15N3O/c1-10-8-15(11(2)7-13(10)17)20-16-12-5-3-4-6-14(12)18-9-19-16/h3-9H,17H2,1-2H3. The van der Waals surface area contributed by atoms with Gasteiger partial charge in [-0.25, -0.2) is 9.97 Å². The van der Waals surface area contributed by atoms with Crippen LogP contribution in [0.1, 0.15) is 11.1 Å². The van der Waals surface area contributed by atoms with E-state index in [4.69, 9.17) is 10.5 Å². The van der Waals surface area contributed by atoms with Gasteiger partial charge in [0.05, 0.1) is 10.9 Å². The third kappa shape index (κ3) is 2.16. The molecule has 3 rings (SSSR count). The van der Waals surface area contributed by atoms with E-state index in [0.29, 0.717) is 5.88 Å². The number of nitrogens with two attached hydrogens (primary N) is 1. The van der Waals surface area contributed by atoms with Crippen LogP contribution < -0.4 is 10.5 Å². The van der Waals surface area contributed by atoms with Crippen LogP contribution in [0.4, 0.5) is 5.69 Å². The molecule has 4 heteroatoms. The fraction of sp³-hybridized carbons (Fsp3) is 0.125. The third-order valence-electron chi connectivity index (χ3n) is 3.28. The van der Waals surface area contributed by atoms with Crippen LogP contribution in [0.15, 0.2) is 42.7 Å². The lowest BCUT2D eigenvalue weighted by atomic mass is 10.1. The van der Waals surface area contributed by atoms with Crippen LogP contribution >= 0.6 is 0 Å². The Hall–Kier alpha value is -2.62. The topological polar surface area (TPSA) is 61.0 Å². The van der Waals surface area contributed by atoms with Gasteiger partial charge in [0.25, 0.3) is 0 Å². The first-order valence-electron chi connectivity index (χ1n) is 6.39. The summed E-state index contributed by atoms with van der Waals surface area (Å²) in [6, 6.07) is 11.6. The molecule has 0 saturated heterocycles. The number of benzene rings is 2. The Morgan fingerprint density at radius 2 is 1.80 bits per heavy atom. The number of hydrogen-bond acceptors (Lipinski definition) is 4. The van der Waals surface area contributed by atoms with E-state index in [9.17, 15) is 0 Å². The molecular weight excluding hydrogens is 250 g/mol. The summed E-state index contributed by atoms with van der Waals surface area (Å²) in [7, 11) is 0. The molecule has 100 valence electrons. The van der Waals surface area contributed by atoms with Gasteiger partial charge in [-0.15, -0.1) is 0 Å². The molecule has 0 unspecified atom stereocenters. The molecule has 3 aromatic rings. The maximum absolute atomic E-state index is 5.95. The molecule has 0 aliphatic rings. The fourth-order valence-corrected chi connectivity index (χ4v) is 2.09. The monoisotopic (exact) mass is 265 g/mol. The summed E-state index contributed by atoms with van der Waals surface area (Å²) < 4.78 is 5.95. The number of hydrogen-bond donors (Lipinski definition) is 1. The van der Waals surface area contributed by atoms with E-state index in [1.54, 1.807) is 0 Å². The smallest absolute Gasteiger partial charge is 0.230 e. The first-order chi connectivity index (χ1) is 9.65. The van der Waals surface area contributed by atoms with Crippen LogP contribution in [0, 0.1) is 13.8 Å². The van der Waals surface area contributed by atoms with Gasteiger partial charge >= 0.3 is 0 Å². The summed E-state index contributed by atoms with van der Waals surface area (Å²) in [5.74, 6) is 1.32. The molecule has 0 atom stereocenters. The molecule has 0 spiro atoms. The molecule has 0 radical (unpaired) electrons. The molecule has 0 fully saturated rings. The Kier molecular flexibility index (Phi) is 2.99. The van der Waals surface area contributed by atoms with E-state index < -0.39 is 0 Å². The number of nitrogen functional groups attached to an aromatic ring is 1. The van der Waals surface area contributed by atoms with Crippen molar-refractivity contribution in [3.63, 3.8) is 0 Å². The molecule has 0 aliphatic heterocycles. The predicted molar refractivity (Wildman–Crippen MR) is 79.9 cm³/mol. The van der Waals surface area contributed by atoms with Crippen molar-refractivity contribution in [1.82, 2.24) is 9.97 Å². The molecule has 1 aromatic heterocycles. The quantitative estimate of drug-likeness (QED) is 0.719. The number of anilines is 1.